The van der Waals surface area contributed by atoms with Gasteiger partial charge in [0.1, 0.15) is 0 Å². The van der Waals surface area contributed by atoms with Gasteiger partial charge in [0.15, 0.2) is 0 Å². The predicted octanol–water partition coefficient (Wildman–Crippen LogP) is 0.471. The van der Waals surface area contributed by atoms with Gasteiger partial charge in [-0.2, -0.15) is 23.5 Å². The van der Waals surface area contributed by atoms with Crippen LogP contribution in [0.15, 0.2) is 0 Å². The van der Waals surface area contributed by atoms with Crippen molar-refractivity contribution in [2.45, 2.75) is 5.25 Å². The summed E-state index contributed by atoms with van der Waals surface area (Å²) in [5.41, 5.74) is 0. The van der Waals surface area contributed by atoms with E-state index in [1.54, 1.807) is 4.68 Å². The van der Waals surface area contributed by atoms with Crippen LogP contribution in [-0.4, -0.2) is 49.3 Å². The lowest BCUT2D eigenvalue weighted by atomic mass is 10.5. The number of aryl methyl sites for hydroxylation is 1. The summed E-state index contributed by atoms with van der Waals surface area (Å²) in [5, 5.41) is 15.2. The Morgan fingerprint density at radius 3 is 3.14 bits per heavy atom. The van der Waals surface area contributed by atoms with E-state index in [1.807, 2.05) is 30.6 Å². The molecule has 7 heteroatoms. The first-order valence-corrected chi connectivity index (χ1v) is 6.72. The maximum absolute atomic E-state index is 3.87. The van der Waals surface area contributed by atoms with Crippen molar-refractivity contribution >= 4 is 29.5 Å². The number of rotatable bonds is 3. The number of nitrogens with one attached hydrogen (secondary N) is 1. The van der Waals surface area contributed by atoms with E-state index in [-0.39, 0.29) is 0 Å². The summed E-state index contributed by atoms with van der Waals surface area (Å²) < 4.78 is 1.65. The first kappa shape index (κ1) is 10.1. The summed E-state index contributed by atoms with van der Waals surface area (Å²) in [6, 6.07) is 0. The number of anilines is 1. The third kappa shape index (κ3) is 2.54. The fraction of sp³-hybridized carbons (Fsp3) is 0.857. The zero-order valence-corrected chi connectivity index (χ0v) is 9.64. The van der Waals surface area contributed by atoms with Crippen LogP contribution in [0, 0.1) is 0 Å². The molecule has 1 saturated heterocycles. The third-order valence-electron chi connectivity index (χ3n) is 1.99. The van der Waals surface area contributed by atoms with E-state index in [0.29, 0.717) is 5.25 Å². The van der Waals surface area contributed by atoms with Crippen LogP contribution in [0.3, 0.4) is 0 Å². The third-order valence-corrected chi connectivity index (χ3v) is 4.84. The fourth-order valence-corrected chi connectivity index (χ4v) is 3.85. The lowest BCUT2D eigenvalue weighted by Crippen LogP contribution is -2.24. The highest BCUT2D eigenvalue weighted by molar-refractivity contribution is 8.06. The highest BCUT2D eigenvalue weighted by Crippen LogP contribution is 2.23. The molecule has 1 atom stereocenters. The average molecular weight is 231 g/mol. The minimum atomic E-state index is 0.686. The van der Waals surface area contributed by atoms with E-state index in [0.717, 1.165) is 12.5 Å². The molecule has 2 heterocycles. The summed E-state index contributed by atoms with van der Waals surface area (Å²) in [5.74, 6) is 4.52. The molecule has 0 radical (unpaired) electrons. The van der Waals surface area contributed by atoms with Crippen molar-refractivity contribution in [1.29, 1.82) is 0 Å². The minimum Gasteiger partial charge on any atom is -0.352 e. The standard InChI is InChI=1S/C7H13N5S2/c1-12-7(9-10-11-12)8-4-6-5-13-2-3-14-6/h6H,2-5H2,1H3,(H,8,9,11). The van der Waals surface area contributed by atoms with Gasteiger partial charge in [0.25, 0.3) is 0 Å². The molecule has 0 aromatic carbocycles. The molecule has 1 N–H and O–H groups in total. The molecule has 0 bridgehead atoms. The van der Waals surface area contributed by atoms with Crippen LogP contribution in [0.25, 0.3) is 0 Å². The van der Waals surface area contributed by atoms with Gasteiger partial charge < -0.3 is 5.32 Å². The van der Waals surface area contributed by atoms with Crippen molar-refractivity contribution in [3.8, 4) is 0 Å². The minimum absolute atomic E-state index is 0.686. The number of aromatic nitrogens is 4. The van der Waals surface area contributed by atoms with Crippen LogP contribution in [0.5, 0.6) is 0 Å². The Bertz CT molecular complexity index is 283. The first-order chi connectivity index (χ1) is 6.86. The summed E-state index contributed by atoms with van der Waals surface area (Å²) >= 11 is 4.05. The van der Waals surface area contributed by atoms with Gasteiger partial charge in [-0.3, -0.25) is 0 Å². The average Bonchev–Trinajstić information content (AvgIpc) is 2.63. The van der Waals surface area contributed by atoms with E-state index < -0.39 is 0 Å². The van der Waals surface area contributed by atoms with Gasteiger partial charge in [-0.15, -0.1) is 0 Å². The van der Waals surface area contributed by atoms with Crippen LogP contribution in [0.2, 0.25) is 0 Å². The van der Waals surface area contributed by atoms with E-state index in [9.17, 15) is 0 Å². The fourth-order valence-electron chi connectivity index (χ4n) is 1.24. The molecule has 5 nitrogen and oxygen atoms in total. The first-order valence-electron chi connectivity index (χ1n) is 4.52. The van der Waals surface area contributed by atoms with Gasteiger partial charge in [-0.1, -0.05) is 5.10 Å². The van der Waals surface area contributed by atoms with Crippen LogP contribution < -0.4 is 5.32 Å². The van der Waals surface area contributed by atoms with Crippen molar-refractivity contribution in [2.75, 3.05) is 29.1 Å². The van der Waals surface area contributed by atoms with Crippen molar-refractivity contribution in [3.05, 3.63) is 0 Å². The van der Waals surface area contributed by atoms with Crippen molar-refractivity contribution in [2.24, 2.45) is 7.05 Å². The maximum atomic E-state index is 3.87. The summed E-state index contributed by atoms with van der Waals surface area (Å²) in [7, 11) is 1.84. The molecule has 2 rings (SSSR count). The van der Waals surface area contributed by atoms with Crippen molar-refractivity contribution < 1.29 is 0 Å². The Kier molecular flexibility index (Phi) is 3.52. The molecule has 78 valence electrons. The van der Waals surface area contributed by atoms with E-state index in [4.69, 9.17) is 0 Å². The molecule has 1 aliphatic heterocycles. The molecule has 0 saturated carbocycles. The molecule has 1 aromatic rings. The lowest BCUT2D eigenvalue weighted by Gasteiger charge is -2.20. The molecule has 1 aromatic heterocycles. The molecular formula is C7H13N5S2. The summed E-state index contributed by atoms with van der Waals surface area (Å²) in [6.45, 7) is 0.950. The second-order valence-corrected chi connectivity index (χ2v) is 5.63. The molecule has 1 aliphatic rings. The summed E-state index contributed by atoms with van der Waals surface area (Å²) in [6.07, 6.45) is 0. The Hall–Kier alpha value is -0.430. The van der Waals surface area contributed by atoms with E-state index in [1.165, 1.54) is 17.3 Å². The van der Waals surface area contributed by atoms with Gasteiger partial charge >= 0.3 is 0 Å². The quantitative estimate of drug-likeness (QED) is 0.816. The Balaban J connectivity index is 1.79. The molecular weight excluding hydrogens is 218 g/mol. The van der Waals surface area contributed by atoms with E-state index >= 15 is 0 Å². The topological polar surface area (TPSA) is 55.6 Å². The van der Waals surface area contributed by atoms with Gasteiger partial charge in [-0.25, -0.2) is 4.68 Å². The highest BCUT2D eigenvalue weighted by Gasteiger charge is 2.14. The zero-order chi connectivity index (χ0) is 9.80. The number of tetrazole rings is 1. The SMILES string of the molecule is Cn1nnnc1NCC1CSCCS1. The van der Waals surface area contributed by atoms with Crippen LogP contribution in [0.4, 0.5) is 5.95 Å². The summed E-state index contributed by atoms with van der Waals surface area (Å²) in [4.78, 5) is 0. The Labute approximate surface area is 91.4 Å². The lowest BCUT2D eigenvalue weighted by molar-refractivity contribution is 0.712. The molecule has 1 unspecified atom stereocenters. The van der Waals surface area contributed by atoms with Crippen LogP contribution in [0.1, 0.15) is 0 Å². The largest absolute Gasteiger partial charge is 0.352 e. The second-order valence-electron chi connectivity index (χ2n) is 3.07. The zero-order valence-electron chi connectivity index (χ0n) is 8.01. The highest BCUT2D eigenvalue weighted by atomic mass is 32.2. The predicted molar refractivity (Wildman–Crippen MR) is 60.9 cm³/mol. The van der Waals surface area contributed by atoms with Crippen molar-refractivity contribution in [1.82, 2.24) is 20.2 Å². The Morgan fingerprint density at radius 2 is 2.50 bits per heavy atom. The van der Waals surface area contributed by atoms with Crippen LogP contribution >= 0.6 is 23.5 Å². The van der Waals surface area contributed by atoms with Gasteiger partial charge in [0, 0.05) is 36.1 Å². The van der Waals surface area contributed by atoms with Crippen LogP contribution in [-0.2, 0) is 7.05 Å². The number of hydrogen-bond acceptors (Lipinski definition) is 6. The van der Waals surface area contributed by atoms with Gasteiger partial charge in [0.05, 0.1) is 0 Å². The maximum Gasteiger partial charge on any atom is 0.242 e. The molecule has 14 heavy (non-hydrogen) atoms. The van der Waals surface area contributed by atoms with Gasteiger partial charge in [-0.05, 0) is 10.4 Å². The number of hydrogen-bond donors (Lipinski definition) is 1. The Morgan fingerprint density at radius 1 is 1.57 bits per heavy atom. The monoisotopic (exact) mass is 231 g/mol. The normalized spacial score (nSPS) is 22.2. The molecule has 0 amide bonds. The number of thioether (sulfide) groups is 2. The molecule has 1 fully saturated rings. The molecule has 0 aliphatic carbocycles. The molecule has 0 spiro atoms. The second kappa shape index (κ2) is 4.88. The smallest absolute Gasteiger partial charge is 0.242 e. The van der Waals surface area contributed by atoms with Gasteiger partial charge in [0.2, 0.25) is 5.95 Å². The van der Waals surface area contributed by atoms with Crippen molar-refractivity contribution in [3.63, 3.8) is 0 Å². The number of nitrogens with zero attached hydrogens (tertiary/aromatic N) is 4. The van der Waals surface area contributed by atoms with E-state index in [2.05, 4.69) is 20.8 Å².